The lowest BCUT2D eigenvalue weighted by Crippen LogP contribution is -2.68. The third kappa shape index (κ3) is 3.92. The number of hydrogen-bond donors (Lipinski definition) is 1. The second-order valence-electron chi connectivity index (χ2n) is 11.9. The number of ketones is 1. The van der Waals surface area contributed by atoms with E-state index in [4.69, 9.17) is 23.7 Å². The van der Waals surface area contributed by atoms with Crippen molar-refractivity contribution < 1.29 is 43.2 Å². The van der Waals surface area contributed by atoms with Crippen molar-refractivity contribution in [1.82, 2.24) is 9.80 Å². The quantitative estimate of drug-likeness (QED) is 0.305. The van der Waals surface area contributed by atoms with Crippen molar-refractivity contribution in [2.75, 3.05) is 33.3 Å². The van der Waals surface area contributed by atoms with Crippen LogP contribution in [0, 0.1) is 13.8 Å². The number of phenols is 1. The molecular formula is C31H34N2O9S. The summed E-state index contributed by atoms with van der Waals surface area (Å²) >= 11 is 1.32. The summed E-state index contributed by atoms with van der Waals surface area (Å²) in [5.41, 5.74) is 4.78. The molecule has 11 nitrogen and oxygen atoms in total. The van der Waals surface area contributed by atoms with Crippen LogP contribution in [0.4, 0.5) is 0 Å². The lowest BCUT2D eigenvalue weighted by molar-refractivity contribution is -0.157. The van der Waals surface area contributed by atoms with E-state index in [1.165, 1.54) is 18.7 Å². The topological polar surface area (TPSA) is 124 Å². The molecule has 228 valence electrons. The molecule has 12 heteroatoms. The van der Waals surface area contributed by atoms with E-state index >= 15 is 0 Å². The van der Waals surface area contributed by atoms with Crippen LogP contribution >= 0.6 is 11.8 Å². The smallest absolute Gasteiger partial charge is 0.375 e. The van der Waals surface area contributed by atoms with Crippen LogP contribution in [-0.4, -0.2) is 84.1 Å². The minimum Gasteiger partial charge on any atom is -0.504 e. The summed E-state index contributed by atoms with van der Waals surface area (Å²) in [6, 6.07) is 0.945. The number of carbonyl (C=O) groups is 3. The molecule has 6 atom stereocenters. The zero-order chi connectivity index (χ0) is 30.5. The van der Waals surface area contributed by atoms with Gasteiger partial charge >= 0.3 is 11.9 Å². The van der Waals surface area contributed by atoms with Gasteiger partial charge in [-0.05, 0) is 45.4 Å². The molecule has 0 aliphatic carbocycles. The number of carbonyl (C=O) groups excluding carboxylic acids is 3. The van der Waals surface area contributed by atoms with Gasteiger partial charge in [-0.15, -0.1) is 11.8 Å². The number of thioether (sulfide) groups is 1. The number of piperazine rings is 1. The van der Waals surface area contributed by atoms with E-state index in [0.717, 1.165) is 27.8 Å². The van der Waals surface area contributed by atoms with Crippen molar-refractivity contribution >= 4 is 29.5 Å². The van der Waals surface area contributed by atoms with Crippen molar-refractivity contribution in [3.63, 3.8) is 0 Å². The number of ether oxygens (including phenoxy) is 5. The van der Waals surface area contributed by atoms with Crippen LogP contribution in [-0.2, 0) is 25.5 Å². The molecule has 0 aromatic heterocycles. The molecule has 5 aliphatic heterocycles. The standard InChI is InChI=1S/C31H34N2O9S/c1-12-7-16-8-17-14(3)33-18-9-39-31(37)19(35)10-43-30(24(33)23(32(17)5)20(16)25(36)26(12)38-6)22-21(18)29-28(40-11-41-29)13(2)27(22)42-15(4)34/h7,14,17-18,23-24,30,36H,8-11H2,1-6H3/t14-,17-,18-,23-,24+,30+/m0/s1. The zero-order valence-electron chi connectivity index (χ0n) is 24.9. The van der Waals surface area contributed by atoms with Gasteiger partial charge < -0.3 is 28.8 Å². The molecule has 7 rings (SSSR count). The molecule has 0 unspecified atom stereocenters. The summed E-state index contributed by atoms with van der Waals surface area (Å²) in [5.74, 6) is -0.188. The molecule has 2 aromatic carbocycles. The summed E-state index contributed by atoms with van der Waals surface area (Å²) in [5, 5.41) is 11.2. The molecule has 5 heterocycles. The molecule has 1 N–H and O–H groups in total. The second-order valence-corrected chi connectivity index (χ2v) is 13.0. The molecule has 0 radical (unpaired) electrons. The summed E-state index contributed by atoms with van der Waals surface area (Å²) in [7, 11) is 3.62. The Morgan fingerprint density at radius 1 is 1.09 bits per heavy atom. The molecule has 2 saturated heterocycles. The van der Waals surface area contributed by atoms with E-state index in [1.54, 1.807) is 7.11 Å². The van der Waals surface area contributed by atoms with Gasteiger partial charge in [0.15, 0.2) is 23.0 Å². The Bertz CT molecular complexity index is 1590. The van der Waals surface area contributed by atoms with Crippen LogP contribution in [0.3, 0.4) is 0 Å². The number of nitrogens with zero attached hydrogens (tertiary/aromatic N) is 2. The fourth-order valence-electron chi connectivity index (χ4n) is 8.10. The van der Waals surface area contributed by atoms with Gasteiger partial charge in [0.05, 0.1) is 30.2 Å². The van der Waals surface area contributed by atoms with E-state index in [2.05, 4.69) is 29.8 Å². The van der Waals surface area contributed by atoms with Crippen molar-refractivity contribution in [1.29, 1.82) is 0 Å². The van der Waals surface area contributed by atoms with Gasteiger partial charge in [-0.2, -0.15) is 0 Å². The monoisotopic (exact) mass is 610 g/mol. The maximum Gasteiger partial charge on any atom is 0.375 e. The fourth-order valence-corrected chi connectivity index (χ4v) is 9.43. The van der Waals surface area contributed by atoms with Crippen molar-refractivity contribution in [3.05, 3.63) is 39.4 Å². The Morgan fingerprint density at radius 3 is 2.56 bits per heavy atom. The van der Waals surface area contributed by atoms with E-state index in [9.17, 15) is 19.5 Å². The maximum absolute atomic E-state index is 12.9. The van der Waals surface area contributed by atoms with E-state index in [1.807, 2.05) is 13.8 Å². The van der Waals surface area contributed by atoms with Crippen LogP contribution in [0.1, 0.15) is 64.6 Å². The Labute approximate surface area is 253 Å². The molecule has 4 bridgehead atoms. The Kier molecular flexibility index (Phi) is 6.60. The number of hydrogen-bond acceptors (Lipinski definition) is 12. The molecule has 43 heavy (non-hydrogen) atoms. The van der Waals surface area contributed by atoms with Gasteiger partial charge in [-0.1, -0.05) is 6.07 Å². The number of fused-ring (bicyclic) bond motifs is 9. The first kappa shape index (κ1) is 28.3. The first-order chi connectivity index (χ1) is 20.5. The summed E-state index contributed by atoms with van der Waals surface area (Å²) < 4.78 is 29.2. The van der Waals surface area contributed by atoms with Crippen LogP contribution in [0.15, 0.2) is 6.07 Å². The molecular weight excluding hydrogens is 576 g/mol. The minimum atomic E-state index is -0.871. The first-order valence-electron chi connectivity index (χ1n) is 14.4. The van der Waals surface area contributed by atoms with Crippen molar-refractivity contribution in [2.45, 2.75) is 69.6 Å². The average Bonchev–Trinajstić information content (AvgIpc) is 3.45. The average molecular weight is 611 g/mol. The lowest BCUT2D eigenvalue weighted by atomic mass is 9.71. The Hall–Kier alpha value is -3.48. The minimum absolute atomic E-state index is 0.00229. The number of likely N-dealkylation sites (N-methyl/N-ethyl adjacent to an activating group) is 1. The van der Waals surface area contributed by atoms with Crippen LogP contribution in [0.2, 0.25) is 0 Å². The number of aryl methyl sites for hydroxylation is 1. The highest BCUT2D eigenvalue weighted by Crippen LogP contribution is 2.63. The highest BCUT2D eigenvalue weighted by molar-refractivity contribution is 8.00. The van der Waals surface area contributed by atoms with E-state index in [0.29, 0.717) is 35.0 Å². The first-order valence-corrected chi connectivity index (χ1v) is 15.4. The molecule has 0 spiro atoms. The van der Waals surface area contributed by atoms with Crippen LogP contribution in [0.25, 0.3) is 0 Å². The summed E-state index contributed by atoms with van der Waals surface area (Å²) in [6.45, 7) is 7.17. The number of aromatic hydroxyl groups is 1. The Balaban J connectivity index is 1.55. The second kappa shape index (κ2) is 10.0. The normalized spacial score (nSPS) is 29.3. The summed E-state index contributed by atoms with van der Waals surface area (Å²) in [4.78, 5) is 42.8. The van der Waals surface area contributed by atoms with Gasteiger partial charge in [0.25, 0.3) is 0 Å². The lowest BCUT2D eigenvalue weighted by Gasteiger charge is -2.62. The third-order valence-electron chi connectivity index (χ3n) is 9.75. The molecule has 2 aromatic rings. The van der Waals surface area contributed by atoms with E-state index in [-0.39, 0.29) is 49.1 Å². The van der Waals surface area contributed by atoms with Crippen molar-refractivity contribution in [2.24, 2.45) is 0 Å². The van der Waals surface area contributed by atoms with Gasteiger partial charge in [0, 0.05) is 47.3 Å². The maximum atomic E-state index is 12.9. The van der Waals surface area contributed by atoms with Crippen LogP contribution < -0.4 is 18.9 Å². The Morgan fingerprint density at radius 2 is 1.84 bits per heavy atom. The van der Waals surface area contributed by atoms with Gasteiger partial charge in [0.2, 0.25) is 12.6 Å². The highest BCUT2D eigenvalue weighted by Gasteiger charge is 2.59. The number of cyclic esters (lactones) is 1. The molecule has 5 aliphatic rings. The van der Waals surface area contributed by atoms with Gasteiger partial charge in [-0.3, -0.25) is 19.4 Å². The number of rotatable bonds is 2. The predicted octanol–water partition coefficient (Wildman–Crippen LogP) is 3.30. The number of Topliss-reactive ketones (excluding diaryl/α,β-unsaturated/α-hetero) is 1. The number of esters is 2. The predicted molar refractivity (Wildman–Crippen MR) is 155 cm³/mol. The SMILES string of the molecule is COc1c(C)cc2c(c1O)[C@H]1[C@@H]3[C@@H]4SCC(=O)C(=O)OC[C@@H](c5c6c(c(C)c(OC(C)=O)c54)OCO6)N3[C@@H](C)[C@H](C2)N1C. The van der Waals surface area contributed by atoms with Crippen LogP contribution in [0.5, 0.6) is 28.7 Å². The zero-order valence-corrected chi connectivity index (χ0v) is 25.7. The molecule has 2 fully saturated rings. The fraction of sp³-hybridized carbons (Fsp3) is 0.516. The largest absolute Gasteiger partial charge is 0.504 e. The van der Waals surface area contributed by atoms with Gasteiger partial charge in [0.1, 0.15) is 12.4 Å². The van der Waals surface area contributed by atoms with E-state index < -0.39 is 29.0 Å². The number of benzene rings is 2. The summed E-state index contributed by atoms with van der Waals surface area (Å²) in [6.07, 6.45) is 0.699. The molecule has 0 amide bonds. The molecule has 0 saturated carbocycles. The highest BCUT2D eigenvalue weighted by atomic mass is 32.2. The van der Waals surface area contributed by atoms with Crippen molar-refractivity contribution in [3.8, 4) is 28.7 Å². The van der Waals surface area contributed by atoms with Gasteiger partial charge in [-0.25, -0.2) is 4.79 Å². The third-order valence-corrected chi connectivity index (χ3v) is 11.1. The number of methoxy groups -OCH3 is 1. The number of phenolic OH excluding ortho intramolecular Hbond substituents is 1.